The van der Waals surface area contributed by atoms with Crippen molar-refractivity contribution in [1.82, 2.24) is 0 Å². The smallest absolute Gasteiger partial charge is 0.185 e. The lowest BCUT2D eigenvalue weighted by molar-refractivity contribution is -0.109. The molecule has 0 bridgehead atoms. The maximum atomic E-state index is 10.8. The summed E-state index contributed by atoms with van der Waals surface area (Å²) in [7, 11) is 0. The number of hydrogen-bond acceptors (Lipinski definition) is 4. The van der Waals surface area contributed by atoms with Crippen molar-refractivity contribution in [2.45, 2.75) is 33.1 Å². The normalized spacial score (nSPS) is 11.0. The van der Waals surface area contributed by atoms with Gasteiger partial charge >= 0.3 is 0 Å². The van der Waals surface area contributed by atoms with Crippen LogP contribution in [-0.2, 0) is 11.2 Å². The van der Waals surface area contributed by atoms with Gasteiger partial charge in [0, 0.05) is 12.7 Å². The van der Waals surface area contributed by atoms with Crippen LogP contribution in [0.15, 0.2) is 58.8 Å². The topological polar surface area (TPSA) is 41.8 Å². The highest BCUT2D eigenvalue weighted by Crippen LogP contribution is 2.19. The number of azo groups is 1. The maximum absolute atomic E-state index is 10.8. The Hall–Kier alpha value is -1.94. The molecule has 0 heterocycles. The van der Waals surface area contributed by atoms with Crippen LogP contribution in [0.3, 0.4) is 0 Å². The summed E-state index contributed by atoms with van der Waals surface area (Å²) in [5, 5.41) is 8.70. The van der Waals surface area contributed by atoms with Crippen LogP contribution in [0.25, 0.3) is 0 Å². The molecule has 120 valence electrons. The molecule has 0 amide bonds. The third-order valence-electron chi connectivity index (χ3n) is 3.42. The predicted molar refractivity (Wildman–Crippen MR) is 97.9 cm³/mol. The number of carbonyl (C=O) groups excluding carboxylic acids is 1. The number of rotatable bonds is 7. The van der Waals surface area contributed by atoms with E-state index in [1.54, 1.807) is 6.92 Å². The minimum absolute atomic E-state index is 0.202. The molecule has 2 aromatic rings. The number of aryl methyl sites for hydroxylation is 2. The molecule has 0 saturated carbocycles. The third-order valence-corrected chi connectivity index (χ3v) is 4.32. The quantitative estimate of drug-likeness (QED) is 0.461. The van der Waals surface area contributed by atoms with E-state index in [2.05, 4.69) is 29.3 Å². The zero-order valence-electron chi connectivity index (χ0n) is 13.7. The standard InChI is InChI=1S/C19H22N2OS/c1-15-6-10-18(11-7-15)20-21-19-12-8-17(9-13-19)5-3-4-14-23-16(2)22/h6-13H,3-5,14H2,1-2H3. The van der Waals surface area contributed by atoms with E-state index in [0.29, 0.717) is 0 Å². The van der Waals surface area contributed by atoms with Crippen LogP contribution >= 0.6 is 11.8 Å². The van der Waals surface area contributed by atoms with Gasteiger partial charge in [0.15, 0.2) is 5.12 Å². The van der Waals surface area contributed by atoms with Gasteiger partial charge < -0.3 is 0 Å². The van der Waals surface area contributed by atoms with Crippen LogP contribution in [0, 0.1) is 6.92 Å². The molecule has 0 aliphatic carbocycles. The highest BCUT2D eigenvalue weighted by atomic mass is 32.2. The molecule has 0 atom stereocenters. The minimum atomic E-state index is 0.202. The number of nitrogens with zero attached hydrogens (tertiary/aromatic N) is 2. The van der Waals surface area contributed by atoms with Crippen molar-refractivity contribution in [3.05, 3.63) is 59.7 Å². The summed E-state index contributed by atoms with van der Waals surface area (Å²) in [4.78, 5) is 10.8. The van der Waals surface area contributed by atoms with E-state index in [1.165, 1.54) is 22.9 Å². The summed E-state index contributed by atoms with van der Waals surface area (Å²) in [6, 6.07) is 16.2. The number of hydrogen-bond donors (Lipinski definition) is 0. The molecule has 0 aliphatic rings. The lowest BCUT2D eigenvalue weighted by atomic mass is 10.1. The van der Waals surface area contributed by atoms with E-state index < -0.39 is 0 Å². The van der Waals surface area contributed by atoms with Crippen molar-refractivity contribution < 1.29 is 4.79 Å². The fourth-order valence-electron chi connectivity index (χ4n) is 2.10. The van der Waals surface area contributed by atoms with E-state index in [1.807, 2.05) is 36.4 Å². The molecule has 2 aromatic carbocycles. The SMILES string of the molecule is CC(=O)SCCCCc1ccc(N=Nc2ccc(C)cc2)cc1. The number of carbonyl (C=O) groups is 1. The second-order valence-corrected chi connectivity index (χ2v) is 6.77. The van der Waals surface area contributed by atoms with Crippen molar-refractivity contribution in [3.63, 3.8) is 0 Å². The van der Waals surface area contributed by atoms with Gasteiger partial charge in [-0.25, -0.2) is 0 Å². The lowest BCUT2D eigenvalue weighted by Crippen LogP contribution is -1.89. The second kappa shape index (κ2) is 9.26. The van der Waals surface area contributed by atoms with Crippen molar-refractivity contribution in [2.75, 3.05) is 5.75 Å². The second-order valence-electron chi connectivity index (χ2n) is 5.50. The van der Waals surface area contributed by atoms with Gasteiger partial charge in [-0.15, -0.1) is 0 Å². The summed E-state index contributed by atoms with van der Waals surface area (Å²) in [6.45, 7) is 3.67. The van der Waals surface area contributed by atoms with E-state index in [9.17, 15) is 4.79 Å². The van der Waals surface area contributed by atoms with Gasteiger partial charge in [-0.2, -0.15) is 10.2 Å². The fraction of sp³-hybridized carbons (Fsp3) is 0.316. The van der Waals surface area contributed by atoms with Gasteiger partial charge in [-0.1, -0.05) is 41.6 Å². The van der Waals surface area contributed by atoms with Crippen molar-refractivity contribution in [1.29, 1.82) is 0 Å². The molecule has 23 heavy (non-hydrogen) atoms. The molecule has 0 N–H and O–H groups in total. The Morgan fingerprint density at radius 1 is 0.913 bits per heavy atom. The van der Waals surface area contributed by atoms with Gasteiger partial charge in [0.1, 0.15) is 0 Å². The summed E-state index contributed by atoms with van der Waals surface area (Å²) in [5.41, 5.74) is 4.24. The Labute approximate surface area is 142 Å². The molecule has 4 heteroatoms. The average Bonchev–Trinajstić information content (AvgIpc) is 2.55. The molecule has 0 unspecified atom stereocenters. The predicted octanol–water partition coefficient (Wildman–Crippen LogP) is 6.01. The maximum Gasteiger partial charge on any atom is 0.185 e. The van der Waals surface area contributed by atoms with E-state index in [-0.39, 0.29) is 5.12 Å². The number of unbranched alkanes of at least 4 members (excludes halogenated alkanes) is 1. The Bertz CT molecular complexity index is 648. The largest absolute Gasteiger partial charge is 0.288 e. The molecule has 0 spiro atoms. The molecule has 0 aliphatic heterocycles. The first-order chi connectivity index (χ1) is 11.1. The molecule has 3 nitrogen and oxygen atoms in total. The highest BCUT2D eigenvalue weighted by molar-refractivity contribution is 8.13. The summed E-state index contributed by atoms with van der Waals surface area (Å²) in [6.07, 6.45) is 3.21. The van der Waals surface area contributed by atoms with Crippen LogP contribution in [0.4, 0.5) is 11.4 Å². The van der Waals surface area contributed by atoms with E-state index in [0.717, 1.165) is 36.4 Å². The van der Waals surface area contributed by atoms with E-state index in [4.69, 9.17) is 0 Å². The number of thioether (sulfide) groups is 1. The van der Waals surface area contributed by atoms with Gasteiger partial charge in [0.25, 0.3) is 0 Å². The zero-order chi connectivity index (χ0) is 16.5. The molecule has 0 aromatic heterocycles. The molecule has 0 saturated heterocycles. The molecular weight excluding hydrogens is 304 g/mol. The Morgan fingerprint density at radius 3 is 2.04 bits per heavy atom. The highest BCUT2D eigenvalue weighted by Gasteiger charge is 1.97. The summed E-state index contributed by atoms with van der Waals surface area (Å²) in [5.74, 6) is 0.915. The fourth-order valence-corrected chi connectivity index (χ4v) is 2.74. The first kappa shape index (κ1) is 17.4. The van der Waals surface area contributed by atoms with Crippen LogP contribution in [0.5, 0.6) is 0 Å². The van der Waals surface area contributed by atoms with Crippen LogP contribution in [-0.4, -0.2) is 10.9 Å². The van der Waals surface area contributed by atoms with Crippen LogP contribution in [0.1, 0.15) is 30.9 Å². The Kier molecular flexibility index (Phi) is 7.01. The molecule has 0 radical (unpaired) electrons. The van der Waals surface area contributed by atoms with Crippen molar-refractivity contribution in [2.24, 2.45) is 10.2 Å². The summed E-state index contributed by atoms with van der Waals surface area (Å²) < 4.78 is 0. The minimum Gasteiger partial charge on any atom is -0.288 e. The lowest BCUT2D eigenvalue weighted by Gasteiger charge is -2.01. The number of benzene rings is 2. The third kappa shape index (κ3) is 6.78. The van der Waals surface area contributed by atoms with Crippen LogP contribution < -0.4 is 0 Å². The zero-order valence-corrected chi connectivity index (χ0v) is 14.5. The molecular formula is C19H22N2OS. The van der Waals surface area contributed by atoms with Crippen molar-refractivity contribution in [3.8, 4) is 0 Å². The van der Waals surface area contributed by atoms with Crippen LogP contribution in [0.2, 0.25) is 0 Å². The first-order valence-electron chi connectivity index (χ1n) is 7.84. The first-order valence-corrected chi connectivity index (χ1v) is 8.83. The molecule has 2 rings (SSSR count). The monoisotopic (exact) mass is 326 g/mol. The van der Waals surface area contributed by atoms with Gasteiger partial charge in [-0.3, -0.25) is 4.79 Å². The Balaban J connectivity index is 1.80. The van der Waals surface area contributed by atoms with Gasteiger partial charge in [0.2, 0.25) is 0 Å². The van der Waals surface area contributed by atoms with Gasteiger partial charge in [-0.05, 0) is 56.0 Å². The average molecular weight is 326 g/mol. The van der Waals surface area contributed by atoms with Crippen molar-refractivity contribution >= 4 is 28.3 Å². The summed E-state index contributed by atoms with van der Waals surface area (Å²) >= 11 is 1.41. The van der Waals surface area contributed by atoms with E-state index >= 15 is 0 Å². The van der Waals surface area contributed by atoms with Gasteiger partial charge in [0.05, 0.1) is 11.4 Å². The Morgan fingerprint density at radius 2 is 1.48 bits per heavy atom. The molecule has 0 fully saturated rings.